The Balaban J connectivity index is 1.33. The second kappa shape index (κ2) is 10.0. The molecule has 2 amide bonds. The van der Waals surface area contributed by atoms with Crippen molar-refractivity contribution in [3.8, 4) is 11.1 Å². The summed E-state index contributed by atoms with van der Waals surface area (Å²) in [6.07, 6.45) is -0.0460. The monoisotopic (exact) mass is 452 g/mol. The molecule has 1 aliphatic carbocycles. The van der Waals surface area contributed by atoms with Crippen LogP contribution in [0.4, 0.5) is 4.79 Å². The van der Waals surface area contributed by atoms with Gasteiger partial charge in [-0.25, -0.2) is 4.79 Å². The van der Waals surface area contributed by atoms with E-state index < -0.39 is 18.1 Å². The molecular formula is C25H28N2O6. The van der Waals surface area contributed by atoms with Crippen LogP contribution >= 0.6 is 0 Å². The van der Waals surface area contributed by atoms with E-state index in [-0.39, 0.29) is 37.4 Å². The molecule has 33 heavy (non-hydrogen) atoms. The van der Waals surface area contributed by atoms with Crippen LogP contribution in [0.2, 0.25) is 0 Å². The molecule has 0 unspecified atom stereocenters. The first-order valence-electron chi connectivity index (χ1n) is 11.1. The van der Waals surface area contributed by atoms with Crippen LogP contribution in [0.15, 0.2) is 48.5 Å². The van der Waals surface area contributed by atoms with Gasteiger partial charge in [-0.1, -0.05) is 48.5 Å². The predicted molar refractivity (Wildman–Crippen MR) is 121 cm³/mol. The van der Waals surface area contributed by atoms with Gasteiger partial charge in [-0.05, 0) is 34.6 Å². The highest BCUT2D eigenvalue weighted by Gasteiger charge is 2.36. The van der Waals surface area contributed by atoms with Crippen molar-refractivity contribution in [2.24, 2.45) is 5.92 Å². The first kappa shape index (κ1) is 22.8. The standard InChI is InChI=1S/C25H28N2O6/c1-32-15-22(24(30)27-12-16(13-27)10-11-23(28)29)26-25(31)33-14-21-19-8-4-2-6-17(19)18-7-3-5-9-20(18)21/h2-9,16,21-22H,10-15H2,1H3,(H,26,31)(H,28,29)/t22-/m0/s1. The normalized spacial score (nSPS) is 15.8. The van der Waals surface area contributed by atoms with Crippen molar-refractivity contribution < 1.29 is 29.0 Å². The van der Waals surface area contributed by atoms with Gasteiger partial charge in [0.05, 0.1) is 6.61 Å². The number of nitrogens with one attached hydrogen (secondary N) is 1. The summed E-state index contributed by atoms with van der Waals surface area (Å²) >= 11 is 0. The number of benzene rings is 2. The van der Waals surface area contributed by atoms with Crippen LogP contribution < -0.4 is 5.32 Å². The van der Waals surface area contributed by atoms with Gasteiger partial charge in [0.1, 0.15) is 12.6 Å². The van der Waals surface area contributed by atoms with E-state index in [1.54, 1.807) is 4.90 Å². The Kier molecular flexibility index (Phi) is 6.93. The minimum atomic E-state index is -0.855. The van der Waals surface area contributed by atoms with Gasteiger partial charge < -0.3 is 24.8 Å². The second-order valence-corrected chi connectivity index (χ2v) is 8.52. The quantitative estimate of drug-likeness (QED) is 0.606. The van der Waals surface area contributed by atoms with Crippen LogP contribution in [0.3, 0.4) is 0 Å². The van der Waals surface area contributed by atoms with Crippen LogP contribution in [0, 0.1) is 5.92 Å². The number of fused-ring (bicyclic) bond motifs is 3. The molecule has 0 bridgehead atoms. The minimum Gasteiger partial charge on any atom is -0.481 e. The minimum absolute atomic E-state index is 0.0271. The Morgan fingerprint density at radius 1 is 1.06 bits per heavy atom. The molecule has 2 aromatic carbocycles. The molecule has 0 radical (unpaired) electrons. The summed E-state index contributed by atoms with van der Waals surface area (Å²) in [4.78, 5) is 37.7. The first-order valence-corrected chi connectivity index (χ1v) is 11.1. The van der Waals surface area contributed by atoms with Gasteiger partial charge in [-0.3, -0.25) is 9.59 Å². The topological polar surface area (TPSA) is 105 Å². The molecule has 0 spiro atoms. The zero-order valence-corrected chi connectivity index (χ0v) is 18.5. The molecule has 0 saturated carbocycles. The third-order valence-electron chi connectivity index (χ3n) is 6.30. The highest BCUT2D eigenvalue weighted by atomic mass is 16.5. The lowest BCUT2D eigenvalue weighted by Crippen LogP contribution is -2.58. The van der Waals surface area contributed by atoms with Gasteiger partial charge in [-0.15, -0.1) is 0 Å². The Morgan fingerprint density at radius 2 is 1.67 bits per heavy atom. The Labute approximate surface area is 192 Å². The number of rotatable bonds is 9. The summed E-state index contributed by atoms with van der Waals surface area (Å²) in [5.74, 6) is -0.987. The Bertz CT molecular complexity index is 988. The maximum Gasteiger partial charge on any atom is 0.407 e. The number of hydrogen-bond acceptors (Lipinski definition) is 5. The number of alkyl carbamates (subject to hydrolysis) is 1. The molecule has 8 nitrogen and oxygen atoms in total. The maximum atomic E-state index is 12.8. The molecule has 1 atom stereocenters. The van der Waals surface area contributed by atoms with E-state index >= 15 is 0 Å². The number of nitrogens with zero attached hydrogens (tertiary/aromatic N) is 1. The van der Waals surface area contributed by atoms with Gasteiger partial charge >= 0.3 is 12.1 Å². The maximum absolute atomic E-state index is 12.8. The average molecular weight is 453 g/mol. The first-order chi connectivity index (χ1) is 16.0. The third-order valence-corrected chi connectivity index (χ3v) is 6.30. The fourth-order valence-corrected chi connectivity index (χ4v) is 4.60. The molecule has 1 saturated heterocycles. The molecule has 0 aromatic heterocycles. The van der Waals surface area contributed by atoms with Crippen molar-refractivity contribution in [1.82, 2.24) is 10.2 Å². The zero-order chi connectivity index (χ0) is 23.4. The Hall–Kier alpha value is -3.39. The number of likely N-dealkylation sites (tertiary alicyclic amines) is 1. The summed E-state index contributed by atoms with van der Waals surface area (Å²) in [6.45, 7) is 1.16. The van der Waals surface area contributed by atoms with Crippen molar-refractivity contribution in [3.63, 3.8) is 0 Å². The molecule has 8 heteroatoms. The van der Waals surface area contributed by atoms with Crippen molar-refractivity contribution in [1.29, 1.82) is 0 Å². The van der Waals surface area contributed by atoms with Crippen LogP contribution in [0.1, 0.15) is 29.9 Å². The number of aliphatic carboxylic acids is 1. The summed E-state index contributed by atoms with van der Waals surface area (Å²) in [5.41, 5.74) is 4.52. The molecule has 1 heterocycles. The SMILES string of the molecule is COC[C@H](NC(=O)OCC1c2ccccc2-c2ccccc21)C(=O)N1CC(CCC(=O)O)C1. The lowest BCUT2D eigenvalue weighted by molar-refractivity contribution is -0.142. The average Bonchev–Trinajstić information content (AvgIpc) is 3.10. The van der Waals surface area contributed by atoms with Gasteiger partial charge in [0.2, 0.25) is 5.91 Å². The lowest BCUT2D eigenvalue weighted by atomic mass is 9.94. The number of ether oxygens (including phenoxy) is 2. The van der Waals surface area contributed by atoms with Crippen LogP contribution in [0.5, 0.6) is 0 Å². The Morgan fingerprint density at radius 3 is 2.24 bits per heavy atom. The number of carbonyl (C=O) groups is 3. The van der Waals surface area contributed by atoms with E-state index in [0.29, 0.717) is 19.5 Å². The molecule has 4 rings (SSSR count). The van der Waals surface area contributed by atoms with Crippen molar-refractivity contribution in [2.45, 2.75) is 24.8 Å². The van der Waals surface area contributed by atoms with Crippen LogP contribution in [-0.2, 0) is 19.1 Å². The molecule has 1 aliphatic heterocycles. The van der Waals surface area contributed by atoms with Gasteiger partial charge in [-0.2, -0.15) is 0 Å². The number of carbonyl (C=O) groups excluding carboxylic acids is 2. The highest BCUT2D eigenvalue weighted by Crippen LogP contribution is 2.44. The summed E-state index contributed by atoms with van der Waals surface area (Å²) in [7, 11) is 1.46. The predicted octanol–water partition coefficient (Wildman–Crippen LogP) is 2.86. The number of methoxy groups -OCH3 is 1. The molecule has 2 aromatic rings. The molecule has 1 fully saturated rings. The van der Waals surface area contributed by atoms with Crippen molar-refractivity contribution in [2.75, 3.05) is 33.4 Å². The number of amides is 2. The molecular weight excluding hydrogens is 424 g/mol. The fourth-order valence-electron chi connectivity index (χ4n) is 4.60. The largest absolute Gasteiger partial charge is 0.481 e. The summed E-state index contributed by atoms with van der Waals surface area (Å²) in [5, 5.41) is 11.4. The molecule has 174 valence electrons. The van der Waals surface area contributed by atoms with Crippen molar-refractivity contribution in [3.05, 3.63) is 59.7 Å². The highest BCUT2D eigenvalue weighted by molar-refractivity contribution is 5.86. The van der Waals surface area contributed by atoms with Crippen LogP contribution in [-0.4, -0.2) is 67.4 Å². The summed E-state index contributed by atoms with van der Waals surface area (Å²) in [6, 6.07) is 15.3. The van der Waals surface area contributed by atoms with E-state index in [0.717, 1.165) is 22.3 Å². The number of hydrogen-bond donors (Lipinski definition) is 2. The van der Waals surface area contributed by atoms with Gasteiger partial charge in [0.25, 0.3) is 0 Å². The van der Waals surface area contributed by atoms with E-state index in [9.17, 15) is 14.4 Å². The third kappa shape index (κ3) is 5.01. The van der Waals surface area contributed by atoms with Gasteiger partial charge in [0, 0.05) is 32.5 Å². The van der Waals surface area contributed by atoms with Gasteiger partial charge in [0.15, 0.2) is 0 Å². The molecule has 2 N–H and O–H groups in total. The smallest absolute Gasteiger partial charge is 0.407 e. The lowest BCUT2D eigenvalue weighted by Gasteiger charge is -2.41. The van der Waals surface area contributed by atoms with E-state index in [1.807, 2.05) is 36.4 Å². The van der Waals surface area contributed by atoms with E-state index in [4.69, 9.17) is 14.6 Å². The van der Waals surface area contributed by atoms with Crippen molar-refractivity contribution >= 4 is 18.0 Å². The number of carboxylic acids is 1. The fraction of sp³-hybridized carbons (Fsp3) is 0.400. The molecule has 2 aliphatic rings. The number of carboxylic acid groups (broad SMARTS) is 1. The van der Waals surface area contributed by atoms with E-state index in [1.165, 1.54) is 7.11 Å². The van der Waals surface area contributed by atoms with Crippen LogP contribution in [0.25, 0.3) is 11.1 Å². The summed E-state index contributed by atoms with van der Waals surface area (Å²) < 4.78 is 10.7. The second-order valence-electron chi connectivity index (χ2n) is 8.52. The zero-order valence-electron chi connectivity index (χ0n) is 18.5. The van der Waals surface area contributed by atoms with E-state index in [2.05, 4.69) is 17.4 Å².